The van der Waals surface area contributed by atoms with Crippen LogP contribution >= 0.6 is 0 Å². The first-order valence-electron chi connectivity index (χ1n) is 25.6. The highest BCUT2D eigenvalue weighted by Gasteiger charge is 2.45. The maximum Gasteiger partial charge on any atom is 0.343 e. The maximum atomic E-state index is 13.7. The van der Waals surface area contributed by atoms with Gasteiger partial charge in [-0.3, -0.25) is 33.7 Å². The van der Waals surface area contributed by atoms with Gasteiger partial charge in [0.25, 0.3) is 17.4 Å². The van der Waals surface area contributed by atoms with Gasteiger partial charge in [-0.1, -0.05) is 13.8 Å². The highest BCUT2D eigenvalue weighted by Crippen LogP contribution is 2.41. The van der Waals surface area contributed by atoms with Crippen LogP contribution in [0, 0.1) is 23.7 Å². The van der Waals surface area contributed by atoms with Gasteiger partial charge in [-0.2, -0.15) is 0 Å². The Morgan fingerprint density at radius 3 is 2.08 bits per heavy atom. The van der Waals surface area contributed by atoms with Gasteiger partial charge in [0, 0.05) is 60.6 Å². The number of nitrogens with zero attached hydrogens (tertiary/aromatic N) is 3. The van der Waals surface area contributed by atoms with E-state index in [4.69, 9.17) is 33.4 Å². The highest BCUT2D eigenvalue weighted by molar-refractivity contribution is 6.12. The van der Waals surface area contributed by atoms with Crippen molar-refractivity contribution >= 4 is 46.5 Å². The van der Waals surface area contributed by atoms with Crippen molar-refractivity contribution in [1.82, 2.24) is 25.1 Å². The van der Waals surface area contributed by atoms with Gasteiger partial charge in [-0.25, -0.2) is 9.78 Å². The van der Waals surface area contributed by atoms with E-state index >= 15 is 0 Å². The van der Waals surface area contributed by atoms with Crippen LogP contribution < -0.4 is 20.9 Å². The number of aromatic nitrogens is 2. The van der Waals surface area contributed by atoms with Gasteiger partial charge in [-0.05, 0) is 106 Å². The molecule has 1 aromatic carbocycles. The Balaban J connectivity index is 0.640. The molecule has 3 aromatic rings. The van der Waals surface area contributed by atoms with Crippen molar-refractivity contribution in [1.29, 1.82) is 0 Å². The number of ether oxygens (including phenoxy) is 6. The zero-order valence-corrected chi connectivity index (χ0v) is 41.3. The maximum absolute atomic E-state index is 13.7. The lowest BCUT2D eigenvalue weighted by molar-refractivity contribution is -0.172. The van der Waals surface area contributed by atoms with E-state index in [9.17, 15) is 38.7 Å². The van der Waals surface area contributed by atoms with Gasteiger partial charge in [0.05, 0.1) is 87.8 Å². The Kier molecular flexibility index (Phi) is 17.7. The summed E-state index contributed by atoms with van der Waals surface area (Å²) in [6.45, 7) is 8.11. The number of hydrogen-bond donors (Lipinski definition) is 3. The van der Waals surface area contributed by atoms with Crippen molar-refractivity contribution in [2.24, 2.45) is 23.7 Å². The average Bonchev–Trinajstić information content (AvgIpc) is 3.92. The van der Waals surface area contributed by atoms with Gasteiger partial charge < -0.3 is 48.7 Å². The summed E-state index contributed by atoms with van der Waals surface area (Å²) in [4.78, 5) is 94.6. The van der Waals surface area contributed by atoms with Crippen LogP contribution in [0.3, 0.4) is 0 Å². The van der Waals surface area contributed by atoms with Crippen LogP contribution in [0.2, 0.25) is 0 Å². The van der Waals surface area contributed by atoms with E-state index in [1.165, 1.54) is 17.1 Å². The molecule has 2 aliphatic carbocycles. The summed E-state index contributed by atoms with van der Waals surface area (Å²) >= 11 is 0. The van der Waals surface area contributed by atoms with Crippen molar-refractivity contribution in [2.75, 3.05) is 72.5 Å². The molecule has 5 heterocycles. The monoisotopic (exact) mass is 997 g/mol. The predicted molar refractivity (Wildman–Crippen MR) is 260 cm³/mol. The number of esters is 2. The second kappa shape index (κ2) is 24.2. The summed E-state index contributed by atoms with van der Waals surface area (Å²) < 4.78 is 35.0. The largest absolute Gasteiger partial charge is 0.458 e. The molecule has 3 N–H and O–H groups in total. The molecule has 8 rings (SSSR count). The Hall–Kier alpha value is -5.86. The Morgan fingerprint density at radius 1 is 0.778 bits per heavy atom. The van der Waals surface area contributed by atoms with Crippen molar-refractivity contribution in [3.05, 3.63) is 69.0 Å². The first kappa shape index (κ1) is 52.5. The van der Waals surface area contributed by atoms with Crippen LogP contribution in [-0.4, -0.2) is 128 Å². The van der Waals surface area contributed by atoms with Crippen LogP contribution in [0.4, 0.5) is 0 Å². The predicted octanol–water partition coefficient (Wildman–Crippen LogP) is 3.77. The molecule has 0 saturated heterocycles. The minimum Gasteiger partial charge on any atom is -0.458 e. The zero-order chi connectivity index (χ0) is 50.8. The molecule has 5 aliphatic rings. The van der Waals surface area contributed by atoms with Crippen LogP contribution in [0.15, 0.2) is 41.2 Å². The summed E-state index contributed by atoms with van der Waals surface area (Å²) in [5.41, 5.74) is 2.02. The molecule has 2 aromatic heterocycles. The lowest BCUT2D eigenvalue weighted by Crippen LogP contribution is -2.44. The smallest absolute Gasteiger partial charge is 0.343 e. The number of aryl methyl sites for hydroxylation is 1. The standard InChI is InChI=1S/C53H67N5O14/c1-3-38-39-27-37(13-14-43(39)56-48-40(38)31-57-44(48)28-42-41(50(57)63)32-71-52(65)53(42,66)4-2)72-51(64)36-11-5-33(6-12-36)29-55-45(59)17-19-67-21-23-69-25-26-70-24-22-68-20-18-54-49(62)35-9-7-34(8-10-35)30-58-46(60)15-16-47(58)61/h13-16,27-28,33-36,66H,3-12,17-26,29-32H2,1-2H3,(H,54,62)(H,55,59)/t33-,34-,35-,36-,53-/m0/s1. The molecule has 72 heavy (non-hydrogen) atoms. The fourth-order valence-electron chi connectivity index (χ4n) is 10.6. The highest BCUT2D eigenvalue weighted by atomic mass is 16.6. The van der Waals surface area contributed by atoms with Crippen LogP contribution in [-0.2, 0) is 77.6 Å². The van der Waals surface area contributed by atoms with E-state index in [1.54, 1.807) is 23.6 Å². The molecule has 19 heteroatoms. The Bertz CT molecular complexity index is 2580. The van der Waals surface area contributed by atoms with Gasteiger partial charge in [0.2, 0.25) is 11.8 Å². The molecular formula is C53H67N5O14. The number of imide groups is 1. The molecule has 0 spiro atoms. The summed E-state index contributed by atoms with van der Waals surface area (Å²) in [5.74, 6) is -1.06. The molecule has 0 radical (unpaired) electrons. The third-order valence-electron chi connectivity index (χ3n) is 14.8. The lowest BCUT2D eigenvalue weighted by Gasteiger charge is -2.31. The molecule has 1 atom stereocenters. The van der Waals surface area contributed by atoms with E-state index in [0.29, 0.717) is 108 Å². The van der Waals surface area contributed by atoms with Crippen LogP contribution in [0.5, 0.6) is 5.75 Å². The van der Waals surface area contributed by atoms with E-state index in [2.05, 4.69) is 10.6 Å². The van der Waals surface area contributed by atoms with Gasteiger partial charge in [0.1, 0.15) is 12.4 Å². The fraction of sp³-hybridized carbons (Fsp3) is 0.585. The summed E-state index contributed by atoms with van der Waals surface area (Å²) in [6, 6.07) is 7.08. The number of carbonyl (C=O) groups is 6. The Morgan fingerprint density at radius 2 is 1.42 bits per heavy atom. The number of aliphatic hydroxyl groups is 1. The second-order valence-corrected chi connectivity index (χ2v) is 19.3. The molecular weight excluding hydrogens is 931 g/mol. The molecule has 19 nitrogen and oxygen atoms in total. The van der Waals surface area contributed by atoms with E-state index in [-0.39, 0.29) is 103 Å². The summed E-state index contributed by atoms with van der Waals surface area (Å²) in [7, 11) is 0. The molecule has 0 bridgehead atoms. The topological polar surface area (TPSA) is 240 Å². The first-order valence-corrected chi connectivity index (χ1v) is 25.6. The number of hydrogen-bond acceptors (Lipinski definition) is 15. The third-order valence-corrected chi connectivity index (χ3v) is 14.8. The third kappa shape index (κ3) is 12.1. The SMILES string of the molecule is CCc1c2c(nc3ccc(OC(=O)[C@H]4CC[C@H](CNC(=O)CCOCCOCCOCCOCCNC(=O)[C@H]5CC[C@H](CN6C(=O)C=CC6=O)CC5)CC4)cc13)-c1cc3c(c(=O)n1C2)COC(=O)[C@]3(O)CC. The molecule has 2 saturated carbocycles. The van der Waals surface area contributed by atoms with Crippen molar-refractivity contribution < 1.29 is 62.3 Å². The molecule has 4 amide bonds. The number of rotatable bonds is 24. The van der Waals surface area contributed by atoms with Crippen LogP contribution in [0.25, 0.3) is 22.3 Å². The van der Waals surface area contributed by atoms with E-state index in [0.717, 1.165) is 55.0 Å². The van der Waals surface area contributed by atoms with Crippen molar-refractivity contribution in [3.8, 4) is 17.1 Å². The quantitative estimate of drug-likeness (QED) is 0.0392. The van der Waals surface area contributed by atoms with Crippen molar-refractivity contribution in [2.45, 2.75) is 103 Å². The van der Waals surface area contributed by atoms with E-state index in [1.807, 2.05) is 19.1 Å². The van der Waals surface area contributed by atoms with Crippen molar-refractivity contribution in [3.63, 3.8) is 0 Å². The molecule has 388 valence electrons. The second-order valence-electron chi connectivity index (χ2n) is 19.3. The average molecular weight is 998 g/mol. The zero-order valence-electron chi connectivity index (χ0n) is 41.3. The number of amides is 4. The number of fused-ring (bicyclic) bond motifs is 5. The normalized spacial score (nSPS) is 22.4. The van der Waals surface area contributed by atoms with Crippen LogP contribution in [0.1, 0.15) is 100 Å². The molecule has 0 unspecified atom stereocenters. The van der Waals surface area contributed by atoms with E-state index < -0.39 is 11.6 Å². The fourth-order valence-corrected chi connectivity index (χ4v) is 10.6. The Labute approximate surface area is 418 Å². The molecule has 3 aliphatic heterocycles. The number of benzene rings is 1. The number of carbonyl (C=O) groups excluding carboxylic acids is 6. The van der Waals surface area contributed by atoms with Gasteiger partial charge in [0.15, 0.2) is 5.60 Å². The molecule has 2 fully saturated rings. The summed E-state index contributed by atoms with van der Waals surface area (Å²) in [6.07, 6.45) is 9.51. The lowest BCUT2D eigenvalue weighted by atomic mass is 9.81. The minimum atomic E-state index is -1.91. The minimum absolute atomic E-state index is 0.0117. The number of nitrogens with one attached hydrogen (secondary N) is 2. The first-order chi connectivity index (χ1) is 34.9. The van der Waals surface area contributed by atoms with Gasteiger partial charge >= 0.3 is 11.9 Å². The van der Waals surface area contributed by atoms with Gasteiger partial charge in [-0.15, -0.1) is 0 Å². The number of cyclic esters (lactones) is 1. The number of pyridine rings is 2. The summed E-state index contributed by atoms with van der Waals surface area (Å²) in [5, 5.41) is 18.0.